The van der Waals surface area contributed by atoms with Gasteiger partial charge in [-0.3, -0.25) is 0 Å². The third-order valence-electron chi connectivity index (χ3n) is 3.32. The Bertz CT molecular complexity index is 268. The molecule has 0 aromatic carbocycles. The summed E-state index contributed by atoms with van der Waals surface area (Å²) in [6.45, 7) is 3.72. The van der Waals surface area contributed by atoms with Gasteiger partial charge in [0.25, 0.3) is 0 Å². The predicted molar refractivity (Wildman–Crippen MR) is 65.5 cm³/mol. The van der Waals surface area contributed by atoms with Crippen LogP contribution in [0.25, 0.3) is 0 Å². The highest BCUT2D eigenvalue weighted by Gasteiger charge is 2.29. The van der Waals surface area contributed by atoms with Gasteiger partial charge < -0.3 is 9.47 Å². The van der Waals surface area contributed by atoms with Gasteiger partial charge in [0.05, 0.1) is 19.3 Å². The van der Waals surface area contributed by atoms with Crippen LogP contribution in [0.3, 0.4) is 0 Å². The van der Waals surface area contributed by atoms with E-state index in [-0.39, 0.29) is 12.2 Å². The van der Waals surface area contributed by atoms with Crippen molar-refractivity contribution in [2.24, 2.45) is 0 Å². The third kappa shape index (κ3) is 2.96. The average Bonchev–Trinajstić information content (AvgIpc) is 2.35. The van der Waals surface area contributed by atoms with Gasteiger partial charge in [-0.25, -0.2) is 0 Å². The molecule has 0 bridgehead atoms. The van der Waals surface area contributed by atoms with Gasteiger partial charge in [0.2, 0.25) is 0 Å². The molecular weight excluding hydrogens is 200 g/mol. The Kier molecular flexibility index (Phi) is 4.61. The minimum Gasteiger partial charge on any atom is -0.371 e. The number of ether oxygens (including phenoxy) is 2. The molecular formula is C14H22O2. The lowest BCUT2D eigenvalue weighted by Crippen LogP contribution is -2.37. The second kappa shape index (κ2) is 6.21. The molecule has 0 fully saturated rings. The number of hydrogen-bond donors (Lipinski definition) is 0. The number of rotatable bonds is 5. The Labute approximate surface area is 98.3 Å². The molecule has 2 aliphatic rings. The standard InChI is InChI=1S/C14H22O2/c1-2-3-4-5-8-13-14-12(9-11-15-13)7-6-10-16-14/h6-7,9,13-14H,2-5,8,10-11H2,1H3/t13-,14-/m0/s1. The lowest BCUT2D eigenvalue weighted by molar-refractivity contribution is -0.0569. The molecule has 0 amide bonds. The fourth-order valence-electron chi connectivity index (χ4n) is 2.40. The molecule has 0 radical (unpaired) electrons. The lowest BCUT2D eigenvalue weighted by atomic mass is 9.95. The average molecular weight is 222 g/mol. The zero-order valence-corrected chi connectivity index (χ0v) is 10.2. The second-order valence-electron chi connectivity index (χ2n) is 4.58. The van der Waals surface area contributed by atoms with Crippen molar-refractivity contribution in [1.82, 2.24) is 0 Å². The smallest absolute Gasteiger partial charge is 0.109 e. The van der Waals surface area contributed by atoms with Crippen LogP contribution in [0.2, 0.25) is 0 Å². The van der Waals surface area contributed by atoms with Crippen molar-refractivity contribution in [3.63, 3.8) is 0 Å². The normalized spacial score (nSPS) is 28.7. The summed E-state index contributed by atoms with van der Waals surface area (Å²) < 4.78 is 11.6. The Morgan fingerprint density at radius 1 is 1.19 bits per heavy atom. The van der Waals surface area contributed by atoms with Crippen LogP contribution < -0.4 is 0 Å². The third-order valence-corrected chi connectivity index (χ3v) is 3.32. The van der Waals surface area contributed by atoms with Crippen LogP contribution >= 0.6 is 0 Å². The fourth-order valence-corrected chi connectivity index (χ4v) is 2.40. The highest BCUT2D eigenvalue weighted by atomic mass is 16.5. The zero-order valence-electron chi connectivity index (χ0n) is 10.2. The van der Waals surface area contributed by atoms with E-state index in [9.17, 15) is 0 Å². The monoisotopic (exact) mass is 222 g/mol. The number of fused-ring (bicyclic) bond motifs is 1. The van der Waals surface area contributed by atoms with Crippen LogP contribution in [0.4, 0.5) is 0 Å². The van der Waals surface area contributed by atoms with Crippen molar-refractivity contribution in [3.8, 4) is 0 Å². The van der Waals surface area contributed by atoms with Crippen molar-refractivity contribution in [2.75, 3.05) is 13.2 Å². The summed E-state index contributed by atoms with van der Waals surface area (Å²) in [4.78, 5) is 0. The van der Waals surface area contributed by atoms with E-state index in [2.05, 4.69) is 25.2 Å². The SMILES string of the molecule is CCCCCC[C@@H]1OCC=C2C=CCO[C@@H]21. The molecule has 2 atom stereocenters. The van der Waals surface area contributed by atoms with Crippen LogP contribution in [-0.4, -0.2) is 25.4 Å². The summed E-state index contributed by atoms with van der Waals surface area (Å²) in [5.41, 5.74) is 1.32. The van der Waals surface area contributed by atoms with E-state index in [1.807, 2.05) is 0 Å². The van der Waals surface area contributed by atoms with E-state index >= 15 is 0 Å². The molecule has 0 saturated carbocycles. The lowest BCUT2D eigenvalue weighted by Gasteiger charge is -2.33. The Hall–Kier alpha value is -0.600. The van der Waals surface area contributed by atoms with Gasteiger partial charge in [-0.05, 0) is 12.0 Å². The quantitative estimate of drug-likeness (QED) is 0.665. The summed E-state index contributed by atoms with van der Waals surface area (Å²) in [7, 11) is 0. The van der Waals surface area contributed by atoms with Crippen LogP contribution in [-0.2, 0) is 9.47 Å². The summed E-state index contributed by atoms with van der Waals surface area (Å²) in [6.07, 6.45) is 13.2. The van der Waals surface area contributed by atoms with Gasteiger partial charge in [-0.1, -0.05) is 50.8 Å². The van der Waals surface area contributed by atoms with Gasteiger partial charge in [-0.2, -0.15) is 0 Å². The maximum atomic E-state index is 5.79. The van der Waals surface area contributed by atoms with E-state index in [1.165, 1.54) is 31.3 Å². The van der Waals surface area contributed by atoms with Crippen molar-refractivity contribution >= 4 is 0 Å². The molecule has 0 aliphatic carbocycles. The van der Waals surface area contributed by atoms with E-state index in [0.717, 1.165) is 19.6 Å². The fraction of sp³-hybridized carbons (Fsp3) is 0.714. The molecule has 0 saturated heterocycles. The topological polar surface area (TPSA) is 18.5 Å². The maximum Gasteiger partial charge on any atom is 0.109 e. The highest BCUT2D eigenvalue weighted by Crippen LogP contribution is 2.26. The number of hydrogen-bond acceptors (Lipinski definition) is 2. The van der Waals surface area contributed by atoms with Crippen LogP contribution in [0.15, 0.2) is 23.8 Å². The van der Waals surface area contributed by atoms with Crippen molar-refractivity contribution < 1.29 is 9.47 Å². The van der Waals surface area contributed by atoms with Gasteiger partial charge in [-0.15, -0.1) is 0 Å². The molecule has 2 heterocycles. The molecule has 0 spiro atoms. The summed E-state index contributed by atoms with van der Waals surface area (Å²) in [5, 5.41) is 0. The summed E-state index contributed by atoms with van der Waals surface area (Å²) in [6, 6.07) is 0. The first kappa shape index (κ1) is 11.9. The first-order chi connectivity index (χ1) is 7.92. The molecule has 0 aromatic rings. The van der Waals surface area contributed by atoms with Crippen LogP contribution in [0.1, 0.15) is 39.0 Å². The van der Waals surface area contributed by atoms with Gasteiger partial charge in [0, 0.05) is 0 Å². The minimum absolute atomic E-state index is 0.195. The van der Waals surface area contributed by atoms with Crippen LogP contribution in [0.5, 0.6) is 0 Å². The Morgan fingerprint density at radius 3 is 3.00 bits per heavy atom. The van der Waals surface area contributed by atoms with Gasteiger partial charge >= 0.3 is 0 Å². The first-order valence-corrected chi connectivity index (χ1v) is 6.51. The number of unbranched alkanes of at least 4 members (excludes halogenated alkanes) is 3. The summed E-state index contributed by atoms with van der Waals surface area (Å²) in [5.74, 6) is 0. The first-order valence-electron chi connectivity index (χ1n) is 6.51. The van der Waals surface area contributed by atoms with Gasteiger partial charge in [0.1, 0.15) is 6.10 Å². The highest BCUT2D eigenvalue weighted by molar-refractivity contribution is 5.28. The molecule has 2 heteroatoms. The largest absolute Gasteiger partial charge is 0.371 e. The van der Waals surface area contributed by atoms with E-state index in [4.69, 9.17) is 9.47 Å². The Morgan fingerprint density at radius 2 is 2.12 bits per heavy atom. The van der Waals surface area contributed by atoms with E-state index < -0.39 is 0 Å². The molecule has 0 aromatic heterocycles. The van der Waals surface area contributed by atoms with Crippen molar-refractivity contribution in [1.29, 1.82) is 0 Å². The molecule has 2 aliphatic heterocycles. The second-order valence-corrected chi connectivity index (χ2v) is 4.58. The molecule has 0 unspecified atom stereocenters. The molecule has 0 N–H and O–H groups in total. The summed E-state index contributed by atoms with van der Waals surface area (Å²) >= 11 is 0. The molecule has 90 valence electrons. The zero-order chi connectivity index (χ0) is 11.2. The molecule has 16 heavy (non-hydrogen) atoms. The molecule has 2 rings (SSSR count). The Balaban J connectivity index is 1.82. The van der Waals surface area contributed by atoms with Crippen molar-refractivity contribution in [2.45, 2.75) is 51.2 Å². The van der Waals surface area contributed by atoms with Crippen LogP contribution in [0, 0.1) is 0 Å². The van der Waals surface area contributed by atoms with E-state index in [1.54, 1.807) is 0 Å². The predicted octanol–water partition coefficient (Wildman–Crippen LogP) is 3.24. The van der Waals surface area contributed by atoms with Crippen molar-refractivity contribution in [3.05, 3.63) is 23.8 Å². The molecule has 2 nitrogen and oxygen atoms in total. The minimum atomic E-state index is 0.195. The maximum absolute atomic E-state index is 5.79. The van der Waals surface area contributed by atoms with E-state index in [0.29, 0.717) is 0 Å². The van der Waals surface area contributed by atoms with Gasteiger partial charge in [0.15, 0.2) is 0 Å².